The van der Waals surface area contributed by atoms with Crippen molar-refractivity contribution in [1.82, 2.24) is 0 Å². The summed E-state index contributed by atoms with van der Waals surface area (Å²) >= 11 is 0. The van der Waals surface area contributed by atoms with Gasteiger partial charge in [0.2, 0.25) is 0 Å². The second kappa shape index (κ2) is 8.43. The molecule has 0 N–H and O–H groups in total. The molecule has 1 heterocycles. The van der Waals surface area contributed by atoms with Gasteiger partial charge in [0.1, 0.15) is 18.8 Å². The van der Waals surface area contributed by atoms with Gasteiger partial charge in [-0.15, -0.1) is 0 Å². The summed E-state index contributed by atoms with van der Waals surface area (Å²) in [7, 11) is 0. The molecule has 0 aliphatic carbocycles. The zero-order chi connectivity index (χ0) is 18.5. The number of carbonyl (C=O) groups excluding carboxylic acids is 3. The monoisotopic (exact) mass is 346 g/mol. The SMILES string of the molecule is CC(=O)OC[C@H]1O[C@H](OC(C)(C)C)[C@H](OC(C)=O)C[C@@H]1OC(C)=O. The van der Waals surface area contributed by atoms with Gasteiger partial charge in [0.25, 0.3) is 0 Å². The van der Waals surface area contributed by atoms with E-state index >= 15 is 0 Å². The smallest absolute Gasteiger partial charge is 0.303 e. The van der Waals surface area contributed by atoms with Gasteiger partial charge >= 0.3 is 17.9 Å². The molecule has 4 atom stereocenters. The molecule has 0 unspecified atom stereocenters. The first-order valence-corrected chi connectivity index (χ1v) is 7.79. The van der Waals surface area contributed by atoms with Gasteiger partial charge in [-0.1, -0.05) is 0 Å². The summed E-state index contributed by atoms with van der Waals surface area (Å²) in [6.07, 6.45) is -2.84. The Labute approximate surface area is 141 Å². The predicted octanol–water partition coefficient (Wildman–Crippen LogP) is 1.34. The Balaban J connectivity index is 2.93. The van der Waals surface area contributed by atoms with E-state index in [2.05, 4.69) is 0 Å². The Morgan fingerprint density at radius 2 is 1.50 bits per heavy atom. The quantitative estimate of drug-likeness (QED) is 0.543. The number of hydrogen-bond donors (Lipinski definition) is 0. The fourth-order valence-electron chi connectivity index (χ4n) is 2.29. The van der Waals surface area contributed by atoms with Crippen molar-refractivity contribution in [3.63, 3.8) is 0 Å². The van der Waals surface area contributed by atoms with Gasteiger partial charge in [-0.25, -0.2) is 0 Å². The summed E-state index contributed by atoms with van der Waals surface area (Å²) in [5.74, 6) is -1.48. The van der Waals surface area contributed by atoms with E-state index in [1.807, 2.05) is 20.8 Å². The molecule has 1 aliphatic rings. The molecule has 1 aliphatic heterocycles. The molecule has 8 nitrogen and oxygen atoms in total. The van der Waals surface area contributed by atoms with Crippen LogP contribution in [0.25, 0.3) is 0 Å². The fraction of sp³-hybridized carbons (Fsp3) is 0.812. The number of rotatable bonds is 5. The molecule has 0 aromatic rings. The van der Waals surface area contributed by atoms with Crippen LogP contribution in [-0.2, 0) is 38.1 Å². The fourth-order valence-corrected chi connectivity index (χ4v) is 2.29. The van der Waals surface area contributed by atoms with Gasteiger partial charge in [-0.3, -0.25) is 14.4 Å². The molecule has 0 amide bonds. The van der Waals surface area contributed by atoms with Crippen LogP contribution in [0.2, 0.25) is 0 Å². The van der Waals surface area contributed by atoms with Crippen LogP contribution in [0.15, 0.2) is 0 Å². The zero-order valence-electron chi connectivity index (χ0n) is 15.0. The van der Waals surface area contributed by atoms with Crippen molar-refractivity contribution in [1.29, 1.82) is 0 Å². The first-order chi connectivity index (χ1) is 11.0. The summed E-state index contributed by atoms with van der Waals surface area (Å²) < 4.78 is 27.0. The maximum atomic E-state index is 11.3. The number of carbonyl (C=O) groups is 3. The average Bonchev–Trinajstić information content (AvgIpc) is 2.37. The van der Waals surface area contributed by atoms with Crippen LogP contribution >= 0.6 is 0 Å². The van der Waals surface area contributed by atoms with E-state index in [0.29, 0.717) is 0 Å². The van der Waals surface area contributed by atoms with Crippen molar-refractivity contribution in [2.75, 3.05) is 6.61 Å². The second-order valence-electron chi connectivity index (χ2n) is 6.61. The molecule has 0 aromatic heterocycles. The van der Waals surface area contributed by atoms with Crippen molar-refractivity contribution >= 4 is 17.9 Å². The highest BCUT2D eigenvalue weighted by Gasteiger charge is 2.44. The molecule has 8 heteroatoms. The van der Waals surface area contributed by atoms with Gasteiger partial charge in [0.05, 0.1) is 5.60 Å². The van der Waals surface area contributed by atoms with E-state index in [1.165, 1.54) is 20.8 Å². The number of ether oxygens (including phenoxy) is 5. The third kappa shape index (κ3) is 7.27. The third-order valence-electron chi connectivity index (χ3n) is 3.05. The standard InChI is InChI=1S/C16H26O8/c1-9(17)20-8-14-12(21-10(2)18)7-13(22-11(3)19)15(23-14)24-16(4,5)6/h12-15H,7-8H2,1-6H3/t12-,13+,14+,15+/m0/s1. The lowest BCUT2D eigenvalue weighted by Gasteiger charge is -2.41. The molecular formula is C16H26O8. The van der Waals surface area contributed by atoms with Crippen LogP contribution in [0, 0.1) is 0 Å². The lowest BCUT2D eigenvalue weighted by molar-refractivity contribution is -0.299. The van der Waals surface area contributed by atoms with Gasteiger partial charge in [-0.2, -0.15) is 0 Å². The first kappa shape index (κ1) is 20.4. The van der Waals surface area contributed by atoms with Gasteiger partial charge in [0.15, 0.2) is 12.4 Å². The Morgan fingerprint density at radius 1 is 0.958 bits per heavy atom. The number of hydrogen-bond acceptors (Lipinski definition) is 8. The molecule has 0 spiro atoms. The molecule has 0 saturated carbocycles. The predicted molar refractivity (Wildman–Crippen MR) is 81.9 cm³/mol. The van der Waals surface area contributed by atoms with E-state index < -0.39 is 48.1 Å². The Morgan fingerprint density at radius 3 is 1.96 bits per heavy atom. The van der Waals surface area contributed by atoms with E-state index in [-0.39, 0.29) is 13.0 Å². The molecule has 138 valence electrons. The maximum Gasteiger partial charge on any atom is 0.303 e. The van der Waals surface area contributed by atoms with Crippen LogP contribution in [0.3, 0.4) is 0 Å². The zero-order valence-corrected chi connectivity index (χ0v) is 15.0. The molecular weight excluding hydrogens is 320 g/mol. The van der Waals surface area contributed by atoms with E-state index in [9.17, 15) is 14.4 Å². The molecule has 24 heavy (non-hydrogen) atoms. The first-order valence-electron chi connectivity index (χ1n) is 7.79. The Hall–Kier alpha value is -1.67. The summed E-state index contributed by atoms with van der Waals surface area (Å²) in [6.45, 7) is 9.22. The summed E-state index contributed by atoms with van der Waals surface area (Å²) in [5.41, 5.74) is -0.552. The van der Waals surface area contributed by atoms with Crippen LogP contribution in [0.1, 0.15) is 48.0 Å². The minimum Gasteiger partial charge on any atom is -0.463 e. The lowest BCUT2D eigenvalue weighted by Crippen LogP contribution is -2.54. The van der Waals surface area contributed by atoms with Crippen molar-refractivity contribution in [3.05, 3.63) is 0 Å². The second-order valence-corrected chi connectivity index (χ2v) is 6.61. The topological polar surface area (TPSA) is 97.4 Å². The molecule has 1 saturated heterocycles. The molecule has 0 radical (unpaired) electrons. The number of esters is 3. The normalized spacial score (nSPS) is 27.2. The van der Waals surface area contributed by atoms with Crippen molar-refractivity contribution in [3.8, 4) is 0 Å². The van der Waals surface area contributed by atoms with Gasteiger partial charge in [0, 0.05) is 27.2 Å². The summed E-state index contributed by atoms with van der Waals surface area (Å²) in [6, 6.07) is 0. The highest BCUT2D eigenvalue weighted by Crippen LogP contribution is 2.29. The van der Waals surface area contributed by atoms with Gasteiger partial charge in [-0.05, 0) is 20.8 Å². The highest BCUT2D eigenvalue weighted by atomic mass is 16.7. The molecule has 0 bridgehead atoms. The van der Waals surface area contributed by atoms with Crippen LogP contribution in [0.4, 0.5) is 0 Å². The van der Waals surface area contributed by atoms with Crippen molar-refractivity contribution in [2.45, 2.75) is 78.2 Å². The van der Waals surface area contributed by atoms with E-state index in [4.69, 9.17) is 23.7 Å². The average molecular weight is 346 g/mol. The van der Waals surface area contributed by atoms with Crippen LogP contribution in [0.5, 0.6) is 0 Å². The molecule has 1 fully saturated rings. The van der Waals surface area contributed by atoms with Crippen LogP contribution in [-0.4, -0.2) is 54.7 Å². The van der Waals surface area contributed by atoms with Crippen molar-refractivity contribution in [2.24, 2.45) is 0 Å². The summed E-state index contributed by atoms with van der Waals surface area (Å²) in [4.78, 5) is 33.7. The third-order valence-corrected chi connectivity index (χ3v) is 3.05. The molecule has 1 rings (SSSR count). The summed E-state index contributed by atoms with van der Waals surface area (Å²) in [5, 5.41) is 0. The van der Waals surface area contributed by atoms with Gasteiger partial charge < -0.3 is 23.7 Å². The maximum absolute atomic E-state index is 11.3. The van der Waals surface area contributed by atoms with E-state index in [0.717, 1.165) is 0 Å². The van der Waals surface area contributed by atoms with Crippen molar-refractivity contribution < 1.29 is 38.1 Å². The van der Waals surface area contributed by atoms with E-state index in [1.54, 1.807) is 0 Å². The van der Waals surface area contributed by atoms with Crippen LogP contribution < -0.4 is 0 Å². The largest absolute Gasteiger partial charge is 0.463 e. The Bertz CT molecular complexity index is 467. The highest BCUT2D eigenvalue weighted by molar-refractivity contribution is 5.67. The Kier molecular flexibility index (Phi) is 7.16. The molecule has 0 aromatic carbocycles. The minimum atomic E-state index is -0.860. The minimum absolute atomic E-state index is 0.0932. The lowest BCUT2D eigenvalue weighted by atomic mass is 10.0.